The van der Waals surface area contributed by atoms with Gasteiger partial charge in [-0.3, -0.25) is 0 Å². The number of esters is 1. The molecule has 0 spiro atoms. The zero-order chi connectivity index (χ0) is 10.3. The molecule has 0 aliphatic heterocycles. The van der Waals surface area contributed by atoms with Gasteiger partial charge in [-0.1, -0.05) is 6.58 Å². The van der Waals surface area contributed by atoms with E-state index in [0.29, 0.717) is 0 Å². The fourth-order valence-electron chi connectivity index (χ4n) is 0.448. The third-order valence-electron chi connectivity index (χ3n) is 0.904. The molecule has 0 rings (SSSR count). The zero-order valence-electron chi connectivity index (χ0n) is 6.76. The molecule has 0 heterocycles. The molecule has 13 heavy (non-hydrogen) atoms. The molecule has 0 saturated heterocycles. The van der Waals surface area contributed by atoms with Gasteiger partial charge in [-0.15, -0.1) is 0 Å². The van der Waals surface area contributed by atoms with Crippen molar-refractivity contribution in [1.29, 1.82) is 0 Å². The van der Waals surface area contributed by atoms with Crippen LogP contribution in [0.25, 0.3) is 0 Å². The van der Waals surface area contributed by atoms with Gasteiger partial charge in [-0.25, -0.2) is 4.79 Å². The normalized spacial score (nSPS) is 11.0. The Labute approximate surface area is 73.1 Å². The highest BCUT2D eigenvalue weighted by molar-refractivity contribution is 5.81. The van der Waals surface area contributed by atoms with E-state index in [1.54, 1.807) is 0 Å². The monoisotopic (exact) mass is 198 g/mol. The maximum Gasteiger partial charge on any atom is 0.411 e. The molecule has 0 aliphatic rings. The summed E-state index contributed by atoms with van der Waals surface area (Å²) in [5.41, 5.74) is 0. The minimum atomic E-state index is -4.34. The van der Waals surface area contributed by atoms with E-state index in [9.17, 15) is 18.0 Å². The minimum absolute atomic E-state index is 0.207. The van der Waals surface area contributed by atoms with Crippen LogP contribution in [0.3, 0.4) is 0 Å². The molecule has 0 aromatic heterocycles. The van der Waals surface area contributed by atoms with Crippen LogP contribution in [-0.2, 0) is 14.3 Å². The lowest BCUT2D eigenvalue weighted by molar-refractivity contribution is -0.177. The van der Waals surface area contributed by atoms with Crippen molar-refractivity contribution >= 4 is 5.97 Å². The van der Waals surface area contributed by atoms with Crippen molar-refractivity contribution in [3.8, 4) is 0 Å². The first-order valence-corrected chi connectivity index (χ1v) is 3.39. The molecular formula is C7H9F3O3. The van der Waals surface area contributed by atoms with E-state index in [4.69, 9.17) is 0 Å². The van der Waals surface area contributed by atoms with Gasteiger partial charge in [0.1, 0.15) is 13.2 Å². The van der Waals surface area contributed by atoms with E-state index in [-0.39, 0.29) is 13.2 Å². The number of hydrogen-bond donors (Lipinski definition) is 0. The maximum atomic E-state index is 11.5. The summed E-state index contributed by atoms with van der Waals surface area (Å²) in [5.74, 6) is -0.685. The van der Waals surface area contributed by atoms with Gasteiger partial charge in [0, 0.05) is 6.08 Å². The van der Waals surface area contributed by atoms with Crippen LogP contribution in [0.4, 0.5) is 13.2 Å². The van der Waals surface area contributed by atoms with Crippen molar-refractivity contribution in [2.24, 2.45) is 0 Å². The van der Waals surface area contributed by atoms with E-state index >= 15 is 0 Å². The van der Waals surface area contributed by atoms with Crippen LogP contribution in [0, 0.1) is 0 Å². The first-order chi connectivity index (χ1) is 5.95. The second kappa shape index (κ2) is 5.58. The molecule has 0 fully saturated rings. The molecule has 0 atom stereocenters. The van der Waals surface area contributed by atoms with Gasteiger partial charge in [0.15, 0.2) is 0 Å². The van der Waals surface area contributed by atoms with Crippen LogP contribution in [0.5, 0.6) is 0 Å². The molecule has 76 valence electrons. The summed E-state index contributed by atoms with van der Waals surface area (Å²) >= 11 is 0. The van der Waals surface area contributed by atoms with Gasteiger partial charge < -0.3 is 9.47 Å². The number of carbonyl (C=O) groups excluding carboxylic acids is 1. The van der Waals surface area contributed by atoms with E-state index < -0.39 is 18.8 Å². The molecule has 0 unspecified atom stereocenters. The molecule has 0 N–H and O–H groups in total. The van der Waals surface area contributed by atoms with Crippen molar-refractivity contribution in [2.75, 3.05) is 19.8 Å². The Kier molecular flexibility index (Phi) is 5.13. The standard InChI is InChI=1S/C7H9F3O3/c1-2-6(11)13-4-3-12-5-7(8,9)10/h2H,1,3-5H2. The molecule has 0 saturated carbocycles. The summed E-state index contributed by atoms with van der Waals surface area (Å²) in [6.07, 6.45) is -3.42. The first-order valence-electron chi connectivity index (χ1n) is 3.39. The van der Waals surface area contributed by atoms with Crippen LogP contribution in [0.15, 0.2) is 12.7 Å². The summed E-state index contributed by atoms with van der Waals surface area (Å²) in [5, 5.41) is 0. The van der Waals surface area contributed by atoms with Gasteiger partial charge in [-0.05, 0) is 0 Å². The fraction of sp³-hybridized carbons (Fsp3) is 0.571. The third-order valence-corrected chi connectivity index (χ3v) is 0.904. The fourth-order valence-corrected chi connectivity index (χ4v) is 0.448. The summed E-state index contributed by atoms with van der Waals surface area (Å²) < 4.78 is 42.9. The average Bonchev–Trinajstić information content (AvgIpc) is 2.01. The van der Waals surface area contributed by atoms with Crippen molar-refractivity contribution in [2.45, 2.75) is 6.18 Å². The number of rotatable bonds is 5. The van der Waals surface area contributed by atoms with Crippen molar-refractivity contribution in [1.82, 2.24) is 0 Å². The molecule has 6 heteroatoms. The number of hydrogen-bond acceptors (Lipinski definition) is 3. The Hall–Kier alpha value is -1.04. The van der Waals surface area contributed by atoms with Crippen molar-refractivity contribution < 1.29 is 27.4 Å². The SMILES string of the molecule is C=CC(=O)OCCOCC(F)(F)F. The zero-order valence-corrected chi connectivity index (χ0v) is 6.76. The quantitative estimate of drug-likeness (QED) is 0.379. The van der Waals surface area contributed by atoms with Crippen LogP contribution in [0.2, 0.25) is 0 Å². The van der Waals surface area contributed by atoms with E-state index in [2.05, 4.69) is 16.1 Å². The second-order valence-corrected chi connectivity index (χ2v) is 2.04. The highest BCUT2D eigenvalue weighted by Gasteiger charge is 2.27. The predicted molar refractivity (Wildman–Crippen MR) is 38.0 cm³/mol. The third kappa shape index (κ3) is 8.87. The molecule has 0 aliphatic carbocycles. The Morgan fingerprint density at radius 1 is 1.38 bits per heavy atom. The minimum Gasteiger partial charge on any atom is -0.460 e. The number of halogens is 3. The van der Waals surface area contributed by atoms with Gasteiger partial charge in [0.2, 0.25) is 0 Å². The first kappa shape index (κ1) is 12.0. The van der Waals surface area contributed by atoms with Gasteiger partial charge in [0.05, 0.1) is 6.61 Å². The maximum absolute atomic E-state index is 11.5. The van der Waals surface area contributed by atoms with E-state index in [0.717, 1.165) is 6.08 Å². The highest BCUT2D eigenvalue weighted by atomic mass is 19.4. The number of ether oxygens (including phenoxy) is 2. The molecule has 0 aromatic rings. The van der Waals surface area contributed by atoms with Crippen LogP contribution in [0.1, 0.15) is 0 Å². The largest absolute Gasteiger partial charge is 0.460 e. The average molecular weight is 198 g/mol. The smallest absolute Gasteiger partial charge is 0.411 e. The summed E-state index contributed by atoms with van der Waals surface area (Å²) in [4.78, 5) is 10.4. The van der Waals surface area contributed by atoms with Gasteiger partial charge in [-0.2, -0.15) is 13.2 Å². The number of alkyl halides is 3. The van der Waals surface area contributed by atoms with E-state index in [1.165, 1.54) is 0 Å². The second-order valence-electron chi connectivity index (χ2n) is 2.04. The lowest BCUT2D eigenvalue weighted by Crippen LogP contribution is -2.19. The topological polar surface area (TPSA) is 35.5 Å². The molecule has 0 amide bonds. The molecule has 0 aromatic carbocycles. The summed E-state index contributed by atoms with van der Waals surface area (Å²) in [6.45, 7) is 1.28. The molecular weight excluding hydrogens is 189 g/mol. The summed E-state index contributed by atoms with van der Waals surface area (Å²) in [6, 6.07) is 0. The van der Waals surface area contributed by atoms with Crippen LogP contribution < -0.4 is 0 Å². The van der Waals surface area contributed by atoms with Crippen molar-refractivity contribution in [3.05, 3.63) is 12.7 Å². The Bertz CT molecular complexity index is 176. The Morgan fingerprint density at radius 3 is 2.46 bits per heavy atom. The molecule has 0 bridgehead atoms. The number of carbonyl (C=O) groups is 1. The van der Waals surface area contributed by atoms with Crippen molar-refractivity contribution in [3.63, 3.8) is 0 Å². The molecule has 3 nitrogen and oxygen atoms in total. The highest BCUT2D eigenvalue weighted by Crippen LogP contribution is 2.13. The lowest BCUT2D eigenvalue weighted by Gasteiger charge is -2.06. The van der Waals surface area contributed by atoms with Gasteiger partial charge >= 0.3 is 12.1 Å². The van der Waals surface area contributed by atoms with Crippen LogP contribution >= 0.6 is 0 Å². The lowest BCUT2D eigenvalue weighted by atomic mass is 10.6. The predicted octanol–water partition coefficient (Wildman–Crippen LogP) is 1.29. The van der Waals surface area contributed by atoms with E-state index in [1.807, 2.05) is 0 Å². The van der Waals surface area contributed by atoms with Gasteiger partial charge in [0.25, 0.3) is 0 Å². The Morgan fingerprint density at radius 2 is 2.00 bits per heavy atom. The summed E-state index contributed by atoms with van der Waals surface area (Å²) in [7, 11) is 0. The van der Waals surface area contributed by atoms with Crippen LogP contribution in [-0.4, -0.2) is 32.0 Å². The Balaban J connectivity index is 3.27. The molecule has 0 radical (unpaired) electrons.